The van der Waals surface area contributed by atoms with Crippen LogP contribution < -0.4 is 5.73 Å². The Morgan fingerprint density at radius 1 is 1.50 bits per heavy atom. The largest absolute Gasteiger partial charge is 0.378 e. The fraction of sp³-hybridized carbons (Fsp3) is 0.688. The van der Waals surface area contributed by atoms with Crippen molar-refractivity contribution >= 4 is 0 Å². The average molecular weight is 277 g/mol. The van der Waals surface area contributed by atoms with E-state index in [0.29, 0.717) is 0 Å². The second kappa shape index (κ2) is 5.80. The van der Waals surface area contributed by atoms with E-state index in [-0.39, 0.29) is 17.1 Å². The van der Waals surface area contributed by atoms with Gasteiger partial charge in [-0.15, -0.1) is 0 Å². The SMILES string of the molecule is CCOC1CC(N)(CN(C)Cc2cccnc2)C1(C)C. The third kappa shape index (κ3) is 2.87. The molecule has 1 saturated carbocycles. The zero-order chi connectivity index (χ0) is 14.8. The Balaban J connectivity index is 1.93. The van der Waals surface area contributed by atoms with Crippen LogP contribution in [0.25, 0.3) is 0 Å². The summed E-state index contributed by atoms with van der Waals surface area (Å²) in [7, 11) is 2.12. The van der Waals surface area contributed by atoms with Gasteiger partial charge in [0.1, 0.15) is 0 Å². The van der Waals surface area contributed by atoms with E-state index in [2.05, 4.69) is 36.8 Å². The van der Waals surface area contributed by atoms with Crippen LogP contribution in [0.4, 0.5) is 0 Å². The van der Waals surface area contributed by atoms with Crippen LogP contribution in [0, 0.1) is 5.41 Å². The number of likely N-dealkylation sites (N-methyl/N-ethyl adjacent to an activating group) is 1. The van der Waals surface area contributed by atoms with Crippen LogP contribution in [0.1, 0.15) is 32.8 Å². The van der Waals surface area contributed by atoms with Gasteiger partial charge < -0.3 is 15.4 Å². The van der Waals surface area contributed by atoms with Crippen molar-refractivity contribution < 1.29 is 4.74 Å². The van der Waals surface area contributed by atoms with Crippen LogP contribution in [0.5, 0.6) is 0 Å². The molecule has 1 aromatic rings. The minimum Gasteiger partial charge on any atom is -0.378 e. The number of pyridine rings is 1. The highest BCUT2D eigenvalue weighted by molar-refractivity contribution is 5.15. The molecule has 1 aromatic heterocycles. The Hall–Kier alpha value is -0.970. The Kier molecular flexibility index (Phi) is 4.47. The van der Waals surface area contributed by atoms with Crippen molar-refractivity contribution in [1.29, 1.82) is 0 Å². The molecule has 0 spiro atoms. The highest BCUT2D eigenvalue weighted by atomic mass is 16.5. The molecule has 0 aromatic carbocycles. The van der Waals surface area contributed by atoms with Gasteiger partial charge >= 0.3 is 0 Å². The minimum absolute atomic E-state index is 0.0200. The summed E-state index contributed by atoms with van der Waals surface area (Å²) in [6, 6.07) is 4.07. The molecule has 2 unspecified atom stereocenters. The molecule has 2 rings (SSSR count). The lowest BCUT2D eigenvalue weighted by Gasteiger charge is -2.60. The Morgan fingerprint density at radius 3 is 2.80 bits per heavy atom. The van der Waals surface area contributed by atoms with E-state index >= 15 is 0 Å². The van der Waals surface area contributed by atoms with E-state index in [4.69, 9.17) is 10.5 Å². The highest BCUT2D eigenvalue weighted by Crippen LogP contribution is 2.50. The lowest BCUT2D eigenvalue weighted by Crippen LogP contribution is -2.73. The normalized spacial score (nSPS) is 28.4. The molecule has 0 bridgehead atoms. The Bertz CT molecular complexity index is 435. The third-order valence-corrected chi connectivity index (χ3v) is 4.73. The molecule has 2 atom stereocenters. The van der Waals surface area contributed by atoms with Crippen LogP contribution in [-0.4, -0.2) is 41.7 Å². The summed E-state index contributed by atoms with van der Waals surface area (Å²) in [4.78, 5) is 6.43. The number of nitrogens with two attached hydrogens (primary N) is 1. The van der Waals surface area contributed by atoms with E-state index in [0.717, 1.165) is 26.1 Å². The van der Waals surface area contributed by atoms with Crippen molar-refractivity contribution in [3.05, 3.63) is 30.1 Å². The van der Waals surface area contributed by atoms with E-state index in [1.54, 1.807) is 6.20 Å². The predicted octanol–water partition coefficient (Wildman–Crippen LogP) is 2.05. The van der Waals surface area contributed by atoms with Crippen molar-refractivity contribution in [2.24, 2.45) is 11.1 Å². The molecule has 1 aliphatic rings. The smallest absolute Gasteiger partial charge is 0.0662 e. The molecule has 4 nitrogen and oxygen atoms in total. The molecule has 0 amide bonds. The fourth-order valence-electron chi connectivity index (χ4n) is 3.12. The van der Waals surface area contributed by atoms with Gasteiger partial charge in [0, 0.05) is 43.0 Å². The second-order valence-electron chi connectivity index (χ2n) is 6.56. The maximum absolute atomic E-state index is 6.62. The first-order chi connectivity index (χ1) is 9.39. The first kappa shape index (κ1) is 15.4. The zero-order valence-corrected chi connectivity index (χ0v) is 13.1. The highest BCUT2D eigenvalue weighted by Gasteiger charge is 2.58. The van der Waals surface area contributed by atoms with E-state index in [1.807, 2.05) is 19.2 Å². The summed E-state index contributed by atoms with van der Waals surface area (Å²) < 4.78 is 5.78. The first-order valence-electron chi connectivity index (χ1n) is 7.37. The quantitative estimate of drug-likeness (QED) is 0.864. The monoisotopic (exact) mass is 277 g/mol. The lowest BCUT2D eigenvalue weighted by atomic mass is 9.54. The molecule has 0 aliphatic heterocycles. The van der Waals surface area contributed by atoms with E-state index < -0.39 is 0 Å². The summed E-state index contributed by atoms with van der Waals surface area (Å²) in [5, 5.41) is 0. The van der Waals surface area contributed by atoms with Crippen molar-refractivity contribution in [3.63, 3.8) is 0 Å². The molecule has 0 radical (unpaired) electrons. The molecule has 20 heavy (non-hydrogen) atoms. The summed E-state index contributed by atoms with van der Waals surface area (Å²) in [5.41, 5.74) is 7.68. The van der Waals surface area contributed by atoms with Crippen molar-refractivity contribution in [2.75, 3.05) is 20.2 Å². The fourth-order valence-corrected chi connectivity index (χ4v) is 3.12. The van der Waals surface area contributed by atoms with Gasteiger partial charge in [0.15, 0.2) is 0 Å². The topological polar surface area (TPSA) is 51.4 Å². The first-order valence-corrected chi connectivity index (χ1v) is 7.37. The van der Waals surface area contributed by atoms with Gasteiger partial charge in [-0.3, -0.25) is 4.98 Å². The van der Waals surface area contributed by atoms with Gasteiger partial charge in [0.25, 0.3) is 0 Å². The molecule has 1 heterocycles. The molecule has 4 heteroatoms. The van der Waals surface area contributed by atoms with Gasteiger partial charge in [0.2, 0.25) is 0 Å². The van der Waals surface area contributed by atoms with Crippen LogP contribution in [-0.2, 0) is 11.3 Å². The molecule has 1 aliphatic carbocycles. The number of hydrogen-bond donors (Lipinski definition) is 1. The molecule has 1 fully saturated rings. The summed E-state index contributed by atoms with van der Waals surface area (Å²) in [5.74, 6) is 0. The zero-order valence-electron chi connectivity index (χ0n) is 13.1. The van der Waals surface area contributed by atoms with Crippen molar-refractivity contribution in [2.45, 2.75) is 45.4 Å². The predicted molar refractivity (Wildman–Crippen MR) is 81.3 cm³/mol. The number of nitrogens with zero attached hydrogens (tertiary/aromatic N) is 2. The van der Waals surface area contributed by atoms with Gasteiger partial charge in [-0.25, -0.2) is 0 Å². The molecular weight excluding hydrogens is 250 g/mol. The lowest BCUT2D eigenvalue weighted by molar-refractivity contribution is -0.155. The number of ether oxygens (including phenoxy) is 1. The third-order valence-electron chi connectivity index (χ3n) is 4.73. The second-order valence-corrected chi connectivity index (χ2v) is 6.56. The van der Waals surface area contributed by atoms with Gasteiger partial charge in [-0.1, -0.05) is 19.9 Å². The Labute approximate surface area is 122 Å². The molecule has 2 N–H and O–H groups in total. The van der Waals surface area contributed by atoms with Crippen LogP contribution in [0.3, 0.4) is 0 Å². The van der Waals surface area contributed by atoms with Gasteiger partial charge in [-0.05, 0) is 32.0 Å². The average Bonchev–Trinajstić information content (AvgIpc) is 2.39. The van der Waals surface area contributed by atoms with E-state index in [1.165, 1.54) is 5.56 Å². The number of rotatable bonds is 6. The van der Waals surface area contributed by atoms with Gasteiger partial charge in [-0.2, -0.15) is 0 Å². The summed E-state index contributed by atoms with van der Waals surface area (Å²) in [6.07, 6.45) is 4.93. The minimum atomic E-state index is -0.177. The van der Waals surface area contributed by atoms with Gasteiger partial charge in [0.05, 0.1) is 6.10 Å². The standard InChI is InChI=1S/C16H27N3O/c1-5-20-14-9-16(17,15(14,2)3)12-19(4)11-13-7-6-8-18-10-13/h6-8,10,14H,5,9,11-12,17H2,1-4H3. The number of aromatic nitrogens is 1. The van der Waals surface area contributed by atoms with Crippen LogP contribution in [0.2, 0.25) is 0 Å². The van der Waals surface area contributed by atoms with E-state index in [9.17, 15) is 0 Å². The maximum atomic E-state index is 6.62. The van der Waals surface area contributed by atoms with Crippen LogP contribution >= 0.6 is 0 Å². The summed E-state index contributed by atoms with van der Waals surface area (Å²) >= 11 is 0. The number of hydrogen-bond acceptors (Lipinski definition) is 4. The Morgan fingerprint density at radius 2 is 2.25 bits per heavy atom. The van der Waals surface area contributed by atoms with Crippen LogP contribution in [0.15, 0.2) is 24.5 Å². The summed E-state index contributed by atoms with van der Waals surface area (Å²) in [6.45, 7) is 8.99. The molecule has 112 valence electrons. The van der Waals surface area contributed by atoms with Crippen molar-refractivity contribution in [3.8, 4) is 0 Å². The molecule has 0 saturated heterocycles. The maximum Gasteiger partial charge on any atom is 0.0662 e. The van der Waals surface area contributed by atoms with Crippen molar-refractivity contribution in [1.82, 2.24) is 9.88 Å². The molecular formula is C16H27N3O.